The molecular weight excluding hydrogens is 537 g/mol. The minimum absolute atomic E-state index is 0.00374. The Balaban J connectivity index is 1.40. The summed E-state index contributed by atoms with van der Waals surface area (Å²) in [6.07, 6.45) is 3.14. The zero-order valence-electron chi connectivity index (χ0n) is 22.1. The predicted octanol–water partition coefficient (Wildman–Crippen LogP) is 5.52. The fraction of sp³-hybridized carbons (Fsp3) is 0.0323. The SMILES string of the molecule is Cc1cc(C(=O)O)c(F)cc1C(=O)Nc1ccc(-n2c(-c3cccnc3N)nc3ccc(-c4ccccc4)nc32)cn1. The first-order valence-electron chi connectivity index (χ1n) is 12.8. The summed E-state index contributed by atoms with van der Waals surface area (Å²) in [5, 5.41) is 11.8. The number of nitrogens with two attached hydrogens (primary N) is 1. The lowest BCUT2D eigenvalue weighted by molar-refractivity contribution is 0.0691. The number of nitrogen functional groups attached to an aromatic ring is 1. The number of aryl methyl sites for hydroxylation is 1. The van der Waals surface area contributed by atoms with Crippen LogP contribution in [0.3, 0.4) is 0 Å². The van der Waals surface area contributed by atoms with Gasteiger partial charge < -0.3 is 16.2 Å². The van der Waals surface area contributed by atoms with Gasteiger partial charge in [0.1, 0.15) is 23.0 Å². The summed E-state index contributed by atoms with van der Waals surface area (Å²) in [7, 11) is 0. The molecule has 0 fully saturated rings. The number of pyridine rings is 3. The maximum Gasteiger partial charge on any atom is 0.338 e. The fourth-order valence-corrected chi connectivity index (χ4v) is 4.62. The van der Waals surface area contributed by atoms with Crippen molar-refractivity contribution in [3.8, 4) is 28.3 Å². The lowest BCUT2D eigenvalue weighted by Gasteiger charge is -2.12. The van der Waals surface area contributed by atoms with Gasteiger partial charge in [-0.2, -0.15) is 0 Å². The summed E-state index contributed by atoms with van der Waals surface area (Å²) < 4.78 is 16.1. The van der Waals surface area contributed by atoms with Crippen LogP contribution >= 0.6 is 0 Å². The Hall–Kier alpha value is -5.97. The number of fused-ring (bicyclic) bond motifs is 1. The molecule has 0 unspecified atom stereocenters. The number of carboxylic acids is 1. The van der Waals surface area contributed by atoms with Crippen molar-refractivity contribution in [2.75, 3.05) is 11.1 Å². The molecule has 0 saturated heterocycles. The average Bonchev–Trinajstić information content (AvgIpc) is 3.37. The quantitative estimate of drug-likeness (QED) is 0.241. The summed E-state index contributed by atoms with van der Waals surface area (Å²) in [5.41, 5.74) is 10.1. The summed E-state index contributed by atoms with van der Waals surface area (Å²) in [4.78, 5) is 42.4. The molecule has 42 heavy (non-hydrogen) atoms. The van der Waals surface area contributed by atoms with Gasteiger partial charge >= 0.3 is 5.97 Å². The Morgan fingerprint density at radius 3 is 2.45 bits per heavy atom. The van der Waals surface area contributed by atoms with Gasteiger partial charge in [-0.05, 0) is 61.0 Å². The fourth-order valence-electron chi connectivity index (χ4n) is 4.62. The monoisotopic (exact) mass is 559 g/mol. The first kappa shape index (κ1) is 26.3. The van der Waals surface area contributed by atoms with Crippen molar-refractivity contribution in [2.45, 2.75) is 6.92 Å². The van der Waals surface area contributed by atoms with Crippen molar-refractivity contribution in [3.63, 3.8) is 0 Å². The zero-order valence-corrected chi connectivity index (χ0v) is 22.1. The molecular formula is C31H22FN7O3. The van der Waals surface area contributed by atoms with Crippen molar-refractivity contribution in [1.82, 2.24) is 24.5 Å². The number of carbonyl (C=O) groups is 2. The van der Waals surface area contributed by atoms with E-state index in [9.17, 15) is 14.0 Å². The maximum absolute atomic E-state index is 14.3. The summed E-state index contributed by atoms with van der Waals surface area (Å²) in [5.74, 6) is -2.03. The second kappa shape index (κ2) is 10.5. The van der Waals surface area contributed by atoms with Gasteiger partial charge in [0, 0.05) is 17.3 Å². The number of hydrogen-bond donors (Lipinski definition) is 3. The van der Waals surface area contributed by atoms with Crippen LogP contribution in [-0.2, 0) is 0 Å². The number of benzene rings is 2. The van der Waals surface area contributed by atoms with Crippen LogP contribution in [0.25, 0.3) is 39.5 Å². The molecule has 4 aromatic heterocycles. The molecule has 11 heteroatoms. The van der Waals surface area contributed by atoms with Crippen LogP contribution in [0.1, 0.15) is 26.3 Å². The summed E-state index contributed by atoms with van der Waals surface area (Å²) in [6, 6.07) is 22.5. The number of imidazole rings is 1. The number of hydrogen-bond acceptors (Lipinski definition) is 7. The number of nitrogens with one attached hydrogen (secondary N) is 1. The van der Waals surface area contributed by atoms with E-state index in [1.54, 1.807) is 30.6 Å². The molecule has 4 N–H and O–H groups in total. The molecule has 0 aliphatic carbocycles. The van der Waals surface area contributed by atoms with Crippen molar-refractivity contribution in [3.05, 3.63) is 114 Å². The van der Waals surface area contributed by atoms with Gasteiger partial charge in [0.25, 0.3) is 5.91 Å². The lowest BCUT2D eigenvalue weighted by Crippen LogP contribution is -2.16. The Kier molecular flexibility index (Phi) is 6.59. The van der Waals surface area contributed by atoms with Gasteiger partial charge in [0.15, 0.2) is 11.5 Å². The average molecular weight is 560 g/mol. The molecule has 2 aromatic carbocycles. The molecule has 0 aliphatic rings. The van der Waals surface area contributed by atoms with E-state index in [1.165, 1.54) is 6.92 Å². The van der Waals surface area contributed by atoms with E-state index in [2.05, 4.69) is 15.3 Å². The van der Waals surface area contributed by atoms with Crippen LogP contribution in [0.5, 0.6) is 0 Å². The molecule has 0 spiro atoms. The molecule has 0 radical (unpaired) electrons. The van der Waals surface area contributed by atoms with E-state index in [0.717, 1.165) is 23.4 Å². The smallest absolute Gasteiger partial charge is 0.338 e. The summed E-state index contributed by atoms with van der Waals surface area (Å²) >= 11 is 0. The maximum atomic E-state index is 14.3. The summed E-state index contributed by atoms with van der Waals surface area (Å²) in [6.45, 7) is 1.53. The largest absolute Gasteiger partial charge is 0.478 e. The number of rotatable bonds is 6. The van der Waals surface area contributed by atoms with Crippen LogP contribution in [0, 0.1) is 12.7 Å². The number of carboxylic acid groups (broad SMARTS) is 1. The Labute approximate surface area is 238 Å². The van der Waals surface area contributed by atoms with E-state index in [0.29, 0.717) is 39.6 Å². The zero-order chi connectivity index (χ0) is 29.4. The number of anilines is 2. The van der Waals surface area contributed by atoms with E-state index < -0.39 is 23.3 Å². The second-order valence-corrected chi connectivity index (χ2v) is 9.42. The second-order valence-electron chi connectivity index (χ2n) is 9.42. The first-order chi connectivity index (χ1) is 20.3. The molecule has 6 aromatic rings. The third-order valence-corrected chi connectivity index (χ3v) is 6.69. The molecule has 6 rings (SSSR count). The van der Waals surface area contributed by atoms with Gasteiger partial charge in [-0.25, -0.2) is 29.1 Å². The number of nitrogens with zero attached hydrogens (tertiary/aromatic N) is 5. The molecule has 4 heterocycles. The van der Waals surface area contributed by atoms with Gasteiger partial charge in [0.2, 0.25) is 0 Å². The van der Waals surface area contributed by atoms with E-state index in [-0.39, 0.29) is 11.4 Å². The molecule has 1 amide bonds. The molecule has 206 valence electrons. The van der Waals surface area contributed by atoms with Crippen LogP contribution in [-0.4, -0.2) is 41.5 Å². The number of aromatic carboxylic acids is 1. The van der Waals surface area contributed by atoms with Crippen LogP contribution in [0.2, 0.25) is 0 Å². The predicted molar refractivity (Wildman–Crippen MR) is 156 cm³/mol. The highest BCUT2D eigenvalue weighted by Gasteiger charge is 2.20. The Morgan fingerprint density at radius 2 is 1.74 bits per heavy atom. The van der Waals surface area contributed by atoms with E-state index in [4.69, 9.17) is 20.8 Å². The van der Waals surface area contributed by atoms with Crippen LogP contribution in [0.4, 0.5) is 16.0 Å². The van der Waals surface area contributed by atoms with Gasteiger partial charge in [-0.1, -0.05) is 30.3 Å². The molecule has 10 nitrogen and oxygen atoms in total. The Bertz CT molecular complexity index is 1990. The highest BCUT2D eigenvalue weighted by molar-refractivity contribution is 6.05. The van der Waals surface area contributed by atoms with Gasteiger partial charge in [-0.3, -0.25) is 9.36 Å². The van der Waals surface area contributed by atoms with Crippen molar-refractivity contribution < 1.29 is 19.1 Å². The first-order valence-corrected chi connectivity index (χ1v) is 12.8. The molecule has 0 saturated carbocycles. The third-order valence-electron chi connectivity index (χ3n) is 6.69. The normalized spacial score (nSPS) is 11.0. The highest BCUT2D eigenvalue weighted by atomic mass is 19.1. The number of carbonyl (C=O) groups excluding carboxylic acids is 1. The number of halogens is 1. The van der Waals surface area contributed by atoms with Gasteiger partial charge in [0.05, 0.1) is 28.7 Å². The minimum atomic E-state index is -1.41. The number of amides is 1. The van der Waals surface area contributed by atoms with Crippen molar-refractivity contribution >= 4 is 34.7 Å². The van der Waals surface area contributed by atoms with E-state index in [1.807, 2.05) is 53.1 Å². The lowest BCUT2D eigenvalue weighted by atomic mass is 10.0. The van der Waals surface area contributed by atoms with Crippen molar-refractivity contribution in [1.29, 1.82) is 0 Å². The highest BCUT2D eigenvalue weighted by Crippen LogP contribution is 2.31. The Morgan fingerprint density at radius 1 is 0.929 bits per heavy atom. The van der Waals surface area contributed by atoms with E-state index >= 15 is 0 Å². The standard InChI is InChI=1S/C31H22FN7O3/c1-17-14-22(31(41)42)23(32)15-21(17)30(40)38-26-12-9-19(16-35-26)39-28(20-8-5-13-34-27(20)33)37-25-11-10-24(36-29(25)39)18-6-3-2-4-7-18/h2-16H,1H3,(H2,33,34)(H,41,42)(H,35,38,40). The minimum Gasteiger partial charge on any atom is -0.478 e. The van der Waals surface area contributed by atoms with Crippen molar-refractivity contribution in [2.24, 2.45) is 0 Å². The van der Waals surface area contributed by atoms with Crippen LogP contribution < -0.4 is 11.1 Å². The number of aromatic nitrogens is 5. The third kappa shape index (κ3) is 4.79. The topological polar surface area (TPSA) is 149 Å². The molecule has 0 atom stereocenters. The molecule has 0 aliphatic heterocycles. The molecule has 0 bridgehead atoms. The van der Waals surface area contributed by atoms with Gasteiger partial charge in [-0.15, -0.1) is 0 Å². The van der Waals surface area contributed by atoms with Crippen LogP contribution in [0.15, 0.2) is 91.3 Å².